The highest BCUT2D eigenvalue weighted by molar-refractivity contribution is 5.35. The third-order valence-electron chi connectivity index (χ3n) is 5.51. The van der Waals surface area contributed by atoms with Crippen molar-refractivity contribution in [1.82, 2.24) is 24.4 Å². The fourth-order valence-corrected chi connectivity index (χ4v) is 3.98. The summed E-state index contributed by atoms with van der Waals surface area (Å²) in [5.74, 6) is 0.714. The average molecular weight is 345 g/mol. The fraction of sp³-hybridized carbons (Fsp3) is 0.684. The van der Waals surface area contributed by atoms with Crippen LogP contribution in [0.5, 0.6) is 0 Å². The highest BCUT2D eigenvalue weighted by Crippen LogP contribution is 2.25. The maximum atomic E-state index is 12.3. The van der Waals surface area contributed by atoms with Crippen molar-refractivity contribution in [1.29, 1.82) is 0 Å². The molecule has 3 rings (SSSR count). The summed E-state index contributed by atoms with van der Waals surface area (Å²) in [6, 6.07) is 6.19. The Hall–Kier alpha value is -1.66. The number of hydrogen-bond acceptors (Lipinski definition) is 4. The molecule has 1 fully saturated rings. The van der Waals surface area contributed by atoms with E-state index in [1.54, 1.807) is 15.3 Å². The normalized spacial score (nSPS) is 21.2. The second-order valence-corrected chi connectivity index (χ2v) is 7.03. The van der Waals surface area contributed by atoms with E-state index in [0.717, 1.165) is 19.6 Å². The number of rotatable bonds is 8. The van der Waals surface area contributed by atoms with E-state index in [0.29, 0.717) is 24.2 Å². The van der Waals surface area contributed by atoms with Gasteiger partial charge in [-0.15, -0.1) is 5.10 Å². The molecule has 0 aromatic carbocycles. The molecule has 6 heteroatoms. The van der Waals surface area contributed by atoms with Crippen LogP contribution in [0.2, 0.25) is 0 Å². The summed E-state index contributed by atoms with van der Waals surface area (Å²) in [7, 11) is 0. The molecule has 25 heavy (non-hydrogen) atoms. The third kappa shape index (κ3) is 4.30. The molecule has 0 amide bonds. The molecular weight excluding hydrogens is 314 g/mol. The number of fused-ring (bicyclic) bond motifs is 1. The van der Waals surface area contributed by atoms with Gasteiger partial charge in [-0.1, -0.05) is 32.8 Å². The maximum absolute atomic E-state index is 12.3. The highest BCUT2D eigenvalue weighted by Gasteiger charge is 2.25. The minimum absolute atomic E-state index is 0.0549. The van der Waals surface area contributed by atoms with Crippen LogP contribution in [0.15, 0.2) is 29.2 Å². The summed E-state index contributed by atoms with van der Waals surface area (Å²) in [5.41, 5.74) is 0.658. The molecule has 0 saturated heterocycles. The van der Waals surface area contributed by atoms with Gasteiger partial charge in [0.05, 0.1) is 6.54 Å². The summed E-state index contributed by atoms with van der Waals surface area (Å²) in [6.45, 7) is 9.32. The Morgan fingerprint density at radius 2 is 2.04 bits per heavy atom. The second-order valence-electron chi connectivity index (χ2n) is 7.03. The molecule has 2 aromatic rings. The lowest BCUT2D eigenvalue weighted by Crippen LogP contribution is -2.45. The first-order valence-electron chi connectivity index (χ1n) is 9.72. The Labute approximate surface area is 149 Å². The van der Waals surface area contributed by atoms with Crippen LogP contribution < -0.4 is 11.0 Å². The van der Waals surface area contributed by atoms with Crippen LogP contribution in [-0.2, 0) is 6.54 Å². The lowest BCUT2D eigenvalue weighted by Gasteiger charge is -2.35. The molecule has 0 unspecified atom stereocenters. The molecule has 138 valence electrons. The Bertz CT molecular complexity index is 718. The van der Waals surface area contributed by atoms with Gasteiger partial charge in [0.15, 0.2) is 5.65 Å². The van der Waals surface area contributed by atoms with E-state index < -0.39 is 0 Å². The van der Waals surface area contributed by atoms with Gasteiger partial charge in [0, 0.05) is 25.3 Å². The Balaban J connectivity index is 1.57. The van der Waals surface area contributed by atoms with Crippen molar-refractivity contribution in [2.75, 3.05) is 26.2 Å². The lowest BCUT2D eigenvalue weighted by atomic mass is 9.84. The number of pyridine rings is 1. The summed E-state index contributed by atoms with van der Waals surface area (Å²) < 4.78 is 3.17. The van der Waals surface area contributed by atoms with Gasteiger partial charge in [0.1, 0.15) is 0 Å². The van der Waals surface area contributed by atoms with Gasteiger partial charge >= 0.3 is 5.69 Å². The van der Waals surface area contributed by atoms with Crippen LogP contribution in [0.25, 0.3) is 5.65 Å². The molecule has 1 aliphatic rings. The predicted molar refractivity (Wildman–Crippen MR) is 101 cm³/mol. The maximum Gasteiger partial charge on any atom is 0.350 e. The quantitative estimate of drug-likeness (QED) is 0.795. The molecule has 2 atom stereocenters. The van der Waals surface area contributed by atoms with Crippen LogP contribution in [-0.4, -0.2) is 51.3 Å². The van der Waals surface area contributed by atoms with Crippen molar-refractivity contribution in [2.24, 2.45) is 5.92 Å². The van der Waals surface area contributed by atoms with Crippen LogP contribution >= 0.6 is 0 Å². The SMILES string of the molecule is CCN(CC)C[C@@H]1CCCC[C@H]1NCCn1nc2ccccn2c1=O. The zero-order valence-electron chi connectivity index (χ0n) is 15.5. The number of aromatic nitrogens is 3. The van der Waals surface area contributed by atoms with E-state index in [1.807, 2.05) is 18.2 Å². The van der Waals surface area contributed by atoms with E-state index in [4.69, 9.17) is 0 Å². The molecule has 0 spiro atoms. The van der Waals surface area contributed by atoms with E-state index in [9.17, 15) is 4.79 Å². The minimum atomic E-state index is -0.0549. The van der Waals surface area contributed by atoms with Crippen LogP contribution in [0.1, 0.15) is 39.5 Å². The van der Waals surface area contributed by atoms with Crippen molar-refractivity contribution >= 4 is 5.65 Å². The minimum Gasteiger partial charge on any atom is -0.312 e. The van der Waals surface area contributed by atoms with Gasteiger partial charge in [-0.25, -0.2) is 9.48 Å². The van der Waals surface area contributed by atoms with E-state index in [1.165, 1.54) is 32.2 Å². The molecule has 0 bridgehead atoms. The van der Waals surface area contributed by atoms with Gasteiger partial charge < -0.3 is 10.2 Å². The standard InChI is InChI=1S/C19H31N5O/c1-3-22(4-2)15-16-9-5-6-10-17(16)20-12-14-24-19(25)23-13-8-7-11-18(23)21-24/h7-8,11,13,16-17,20H,3-6,9-10,12,14-15H2,1-2H3/t16-,17+/m0/s1. The average Bonchev–Trinajstić information content (AvgIpc) is 2.97. The zero-order valence-corrected chi connectivity index (χ0v) is 15.5. The fourth-order valence-electron chi connectivity index (χ4n) is 3.98. The van der Waals surface area contributed by atoms with E-state index >= 15 is 0 Å². The van der Waals surface area contributed by atoms with Gasteiger partial charge in [0.2, 0.25) is 0 Å². The molecular formula is C19H31N5O. The smallest absolute Gasteiger partial charge is 0.312 e. The molecule has 0 aliphatic heterocycles. The Morgan fingerprint density at radius 1 is 1.24 bits per heavy atom. The van der Waals surface area contributed by atoms with Crippen molar-refractivity contribution in [3.8, 4) is 0 Å². The Morgan fingerprint density at radius 3 is 2.80 bits per heavy atom. The molecule has 0 radical (unpaired) electrons. The number of nitrogens with zero attached hydrogens (tertiary/aromatic N) is 4. The molecule has 2 aromatic heterocycles. The molecule has 6 nitrogen and oxygen atoms in total. The third-order valence-corrected chi connectivity index (χ3v) is 5.51. The van der Waals surface area contributed by atoms with Gasteiger partial charge in [0.25, 0.3) is 0 Å². The molecule has 2 heterocycles. The second kappa shape index (κ2) is 8.63. The predicted octanol–water partition coefficient (Wildman–Crippen LogP) is 1.99. The summed E-state index contributed by atoms with van der Waals surface area (Å²) >= 11 is 0. The highest BCUT2D eigenvalue weighted by atomic mass is 16.2. The molecule has 1 saturated carbocycles. The van der Waals surface area contributed by atoms with Gasteiger partial charge in [-0.05, 0) is 44.0 Å². The Kier molecular flexibility index (Phi) is 6.26. The van der Waals surface area contributed by atoms with E-state index in [2.05, 4.69) is 29.2 Å². The summed E-state index contributed by atoms with van der Waals surface area (Å²) in [4.78, 5) is 14.9. The number of nitrogens with one attached hydrogen (secondary N) is 1. The summed E-state index contributed by atoms with van der Waals surface area (Å²) in [5, 5.41) is 8.12. The van der Waals surface area contributed by atoms with Crippen LogP contribution in [0.4, 0.5) is 0 Å². The topological polar surface area (TPSA) is 54.6 Å². The van der Waals surface area contributed by atoms with Crippen molar-refractivity contribution in [3.05, 3.63) is 34.9 Å². The monoisotopic (exact) mass is 345 g/mol. The van der Waals surface area contributed by atoms with Crippen molar-refractivity contribution < 1.29 is 0 Å². The van der Waals surface area contributed by atoms with Crippen LogP contribution in [0, 0.1) is 5.92 Å². The van der Waals surface area contributed by atoms with Crippen LogP contribution in [0.3, 0.4) is 0 Å². The zero-order chi connectivity index (χ0) is 17.6. The van der Waals surface area contributed by atoms with E-state index in [-0.39, 0.29) is 5.69 Å². The summed E-state index contributed by atoms with van der Waals surface area (Å²) in [6.07, 6.45) is 6.97. The first kappa shape index (κ1) is 18.1. The number of hydrogen-bond donors (Lipinski definition) is 1. The van der Waals surface area contributed by atoms with Gasteiger partial charge in [-0.2, -0.15) is 0 Å². The van der Waals surface area contributed by atoms with Crippen molar-refractivity contribution in [2.45, 2.75) is 52.1 Å². The van der Waals surface area contributed by atoms with Gasteiger partial charge in [-0.3, -0.25) is 4.40 Å². The van der Waals surface area contributed by atoms with Crippen molar-refractivity contribution in [3.63, 3.8) is 0 Å². The largest absolute Gasteiger partial charge is 0.350 e. The lowest BCUT2D eigenvalue weighted by molar-refractivity contribution is 0.176. The molecule has 1 N–H and O–H groups in total. The first-order chi connectivity index (χ1) is 12.2. The first-order valence-corrected chi connectivity index (χ1v) is 9.72. The molecule has 1 aliphatic carbocycles.